The van der Waals surface area contributed by atoms with Gasteiger partial charge in [-0.15, -0.1) is 0 Å². The zero-order chi connectivity index (χ0) is 12.6. The molecule has 1 aliphatic heterocycles. The molecule has 1 saturated heterocycles. The number of aryl methyl sites for hydroxylation is 1. The molecule has 0 spiro atoms. The molecule has 0 N–H and O–H groups in total. The average Bonchev–Trinajstić information content (AvgIpc) is 2.56. The van der Waals surface area contributed by atoms with E-state index in [9.17, 15) is 4.79 Å². The van der Waals surface area contributed by atoms with Crippen molar-refractivity contribution in [3.63, 3.8) is 0 Å². The Hall–Kier alpha value is -0.840. The van der Waals surface area contributed by atoms with Crippen LogP contribution in [0.1, 0.15) is 35.9 Å². The van der Waals surface area contributed by atoms with E-state index >= 15 is 0 Å². The van der Waals surface area contributed by atoms with Crippen molar-refractivity contribution in [1.82, 2.24) is 14.7 Å². The first-order valence-corrected chi connectivity index (χ1v) is 6.78. The summed E-state index contributed by atoms with van der Waals surface area (Å²) in [5.41, 5.74) is 1.53. The third-order valence-corrected chi connectivity index (χ3v) is 4.36. The second kappa shape index (κ2) is 4.80. The van der Waals surface area contributed by atoms with Crippen LogP contribution in [0.15, 0.2) is 4.47 Å². The van der Waals surface area contributed by atoms with E-state index in [1.54, 1.807) is 4.68 Å². The molecule has 1 aliphatic rings. The number of carbonyl (C=O) groups is 1. The van der Waals surface area contributed by atoms with Crippen LogP contribution >= 0.6 is 15.9 Å². The summed E-state index contributed by atoms with van der Waals surface area (Å²) in [5, 5.41) is 4.29. The molecule has 1 amide bonds. The minimum absolute atomic E-state index is 0.0483. The van der Waals surface area contributed by atoms with Gasteiger partial charge in [0.25, 0.3) is 5.91 Å². The van der Waals surface area contributed by atoms with Crippen LogP contribution in [0.25, 0.3) is 0 Å². The van der Waals surface area contributed by atoms with Crippen molar-refractivity contribution >= 4 is 21.8 Å². The zero-order valence-electron chi connectivity index (χ0n) is 10.5. The van der Waals surface area contributed by atoms with Gasteiger partial charge in [-0.2, -0.15) is 5.10 Å². The predicted octanol–water partition coefficient (Wildman–Crippen LogP) is 2.36. The molecule has 0 saturated carbocycles. The first kappa shape index (κ1) is 12.6. The Morgan fingerprint density at radius 2 is 2.24 bits per heavy atom. The second-order valence-corrected chi connectivity index (χ2v) is 5.66. The van der Waals surface area contributed by atoms with Crippen LogP contribution in [0.4, 0.5) is 0 Å². The van der Waals surface area contributed by atoms with Gasteiger partial charge >= 0.3 is 0 Å². The lowest BCUT2D eigenvalue weighted by Crippen LogP contribution is -2.39. The van der Waals surface area contributed by atoms with Gasteiger partial charge in [0.05, 0.1) is 10.2 Å². The van der Waals surface area contributed by atoms with Crippen LogP contribution < -0.4 is 0 Å². The Morgan fingerprint density at radius 1 is 1.53 bits per heavy atom. The fourth-order valence-corrected chi connectivity index (χ4v) is 2.75. The van der Waals surface area contributed by atoms with E-state index in [0.717, 1.165) is 29.7 Å². The van der Waals surface area contributed by atoms with Gasteiger partial charge < -0.3 is 4.90 Å². The quantitative estimate of drug-likeness (QED) is 0.798. The number of piperidine rings is 1. The molecule has 0 radical (unpaired) electrons. The molecule has 17 heavy (non-hydrogen) atoms. The highest BCUT2D eigenvalue weighted by Gasteiger charge is 2.26. The minimum atomic E-state index is 0.0483. The maximum Gasteiger partial charge on any atom is 0.275 e. The molecular weight excluding hydrogens is 282 g/mol. The van der Waals surface area contributed by atoms with Crippen molar-refractivity contribution < 1.29 is 4.79 Å². The Balaban J connectivity index is 2.21. The van der Waals surface area contributed by atoms with E-state index in [0.29, 0.717) is 11.6 Å². The fourth-order valence-electron chi connectivity index (χ4n) is 2.24. The summed E-state index contributed by atoms with van der Waals surface area (Å²) in [5.74, 6) is 0.642. The summed E-state index contributed by atoms with van der Waals surface area (Å²) < 4.78 is 2.56. The van der Waals surface area contributed by atoms with Crippen molar-refractivity contribution in [2.45, 2.75) is 26.7 Å². The maximum absolute atomic E-state index is 12.4. The van der Waals surface area contributed by atoms with Crippen molar-refractivity contribution in [3.05, 3.63) is 15.9 Å². The number of halogens is 1. The van der Waals surface area contributed by atoms with Crippen LogP contribution in [-0.4, -0.2) is 33.7 Å². The summed E-state index contributed by atoms with van der Waals surface area (Å²) in [6, 6.07) is 0. The molecule has 5 heteroatoms. The molecular formula is C12H18BrN3O. The number of carbonyl (C=O) groups excluding carboxylic acids is 1. The molecule has 1 atom stereocenters. The number of hydrogen-bond donors (Lipinski definition) is 0. The van der Waals surface area contributed by atoms with E-state index < -0.39 is 0 Å². The zero-order valence-corrected chi connectivity index (χ0v) is 12.1. The smallest absolute Gasteiger partial charge is 0.275 e. The molecule has 1 fully saturated rings. The standard InChI is InChI=1S/C12H18BrN3O/c1-8-5-4-6-16(7-8)12(17)11-10(13)9(2)15(3)14-11/h8H,4-7H2,1-3H3. The molecule has 1 aromatic heterocycles. The number of hydrogen-bond acceptors (Lipinski definition) is 2. The Labute approximate surface area is 110 Å². The molecule has 1 unspecified atom stereocenters. The Morgan fingerprint density at radius 3 is 2.76 bits per heavy atom. The van der Waals surface area contributed by atoms with E-state index in [4.69, 9.17) is 0 Å². The highest BCUT2D eigenvalue weighted by molar-refractivity contribution is 9.10. The van der Waals surface area contributed by atoms with Gasteiger partial charge in [-0.3, -0.25) is 9.48 Å². The van der Waals surface area contributed by atoms with Crippen LogP contribution in [0.5, 0.6) is 0 Å². The number of amides is 1. The molecule has 0 aliphatic carbocycles. The summed E-state index contributed by atoms with van der Waals surface area (Å²) >= 11 is 3.45. The van der Waals surface area contributed by atoms with Crippen molar-refractivity contribution in [2.75, 3.05) is 13.1 Å². The molecule has 94 valence electrons. The predicted molar refractivity (Wildman–Crippen MR) is 69.9 cm³/mol. The van der Waals surface area contributed by atoms with Gasteiger partial charge in [-0.25, -0.2) is 0 Å². The average molecular weight is 300 g/mol. The van der Waals surface area contributed by atoms with Crippen molar-refractivity contribution in [1.29, 1.82) is 0 Å². The Kier molecular flexibility index (Phi) is 3.56. The third-order valence-electron chi connectivity index (χ3n) is 3.41. The van der Waals surface area contributed by atoms with Gasteiger partial charge in [0, 0.05) is 20.1 Å². The first-order chi connectivity index (χ1) is 8.00. The highest BCUT2D eigenvalue weighted by atomic mass is 79.9. The van der Waals surface area contributed by atoms with E-state index in [-0.39, 0.29) is 5.91 Å². The molecule has 0 aromatic carbocycles. The monoisotopic (exact) mass is 299 g/mol. The second-order valence-electron chi connectivity index (χ2n) is 4.87. The summed E-state index contributed by atoms with van der Waals surface area (Å²) in [4.78, 5) is 14.3. The van der Waals surface area contributed by atoms with Gasteiger partial charge in [-0.1, -0.05) is 6.92 Å². The summed E-state index contributed by atoms with van der Waals surface area (Å²) in [6.45, 7) is 5.84. The number of nitrogens with zero attached hydrogens (tertiary/aromatic N) is 3. The number of rotatable bonds is 1. The summed E-state index contributed by atoms with van der Waals surface area (Å²) in [6.07, 6.45) is 2.31. The molecule has 1 aromatic rings. The van der Waals surface area contributed by atoms with Crippen LogP contribution in [0.2, 0.25) is 0 Å². The first-order valence-electron chi connectivity index (χ1n) is 5.99. The van der Waals surface area contributed by atoms with Crippen molar-refractivity contribution in [3.8, 4) is 0 Å². The van der Waals surface area contributed by atoms with E-state index in [1.165, 1.54) is 6.42 Å². The highest BCUT2D eigenvalue weighted by Crippen LogP contribution is 2.24. The normalized spacial score (nSPS) is 20.7. The van der Waals surface area contributed by atoms with E-state index in [2.05, 4.69) is 28.0 Å². The number of aromatic nitrogens is 2. The lowest BCUT2D eigenvalue weighted by molar-refractivity contribution is 0.0675. The minimum Gasteiger partial charge on any atom is -0.337 e. The van der Waals surface area contributed by atoms with Crippen LogP contribution in [0, 0.1) is 12.8 Å². The van der Waals surface area contributed by atoms with Crippen LogP contribution in [0.3, 0.4) is 0 Å². The lowest BCUT2D eigenvalue weighted by Gasteiger charge is -2.30. The van der Waals surface area contributed by atoms with Gasteiger partial charge in [-0.05, 0) is 41.6 Å². The van der Waals surface area contributed by atoms with Crippen LogP contribution in [-0.2, 0) is 7.05 Å². The van der Waals surface area contributed by atoms with Gasteiger partial charge in [0.1, 0.15) is 0 Å². The maximum atomic E-state index is 12.4. The molecule has 0 bridgehead atoms. The SMILES string of the molecule is Cc1c(Br)c(C(=O)N2CCCC(C)C2)nn1C. The van der Waals surface area contributed by atoms with Gasteiger partial charge in [0.15, 0.2) is 5.69 Å². The molecule has 4 nitrogen and oxygen atoms in total. The van der Waals surface area contributed by atoms with Crippen molar-refractivity contribution in [2.24, 2.45) is 13.0 Å². The number of likely N-dealkylation sites (tertiary alicyclic amines) is 1. The molecule has 2 rings (SSSR count). The fraction of sp³-hybridized carbons (Fsp3) is 0.667. The lowest BCUT2D eigenvalue weighted by atomic mass is 10.00. The Bertz CT molecular complexity index is 441. The van der Waals surface area contributed by atoms with E-state index in [1.807, 2.05) is 18.9 Å². The van der Waals surface area contributed by atoms with Gasteiger partial charge in [0.2, 0.25) is 0 Å². The summed E-state index contributed by atoms with van der Waals surface area (Å²) in [7, 11) is 1.86. The topological polar surface area (TPSA) is 38.1 Å². The largest absolute Gasteiger partial charge is 0.337 e. The molecule has 2 heterocycles. The third kappa shape index (κ3) is 2.39.